The minimum absolute atomic E-state index is 0.178. The van der Waals surface area contributed by atoms with Gasteiger partial charge in [-0.2, -0.15) is 0 Å². The van der Waals surface area contributed by atoms with Crippen LogP contribution in [0.3, 0.4) is 0 Å². The van der Waals surface area contributed by atoms with Gasteiger partial charge in [-0.3, -0.25) is 0 Å². The number of esters is 1. The highest BCUT2D eigenvalue weighted by molar-refractivity contribution is 5.83. The first kappa shape index (κ1) is 8.75. The Labute approximate surface area is 78.1 Å². The number of hydrogen-bond donors (Lipinski definition) is 1. The van der Waals surface area contributed by atoms with Gasteiger partial charge in [0.1, 0.15) is 0 Å². The van der Waals surface area contributed by atoms with E-state index in [9.17, 15) is 4.79 Å². The third kappa shape index (κ3) is 1.61. The molecule has 13 heavy (non-hydrogen) atoms. The van der Waals surface area contributed by atoms with Crippen molar-refractivity contribution >= 4 is 5.97 Å². The minimum atomic E-state index is -0.178. The van der Waals surface area contributed by atoms with E-state index in [4.69, 9.17) is 4.74 Å². The molecule has 2 aliphatic rings. The van der Waals surface area contributed by atoms with E-state index in [1.165, 1.54) is 12.0 Å². The summed E-state index contributed by atoms with van der Waals surface area (Å²) in [5.41, 5.74) is 1.27. The Balaban J connectivity index is 1.91. The van der Waals surface area contributed by atoms with E-state index in [1.807, 2.05) is 6.92 Å². The monoisotopic (exact) mass is 181 g/mol. The van der Waals surface area contributed by atoms with Gasteiger partial charge in [-0.1, -0.05) is 5.57 Å². The van der Waals surface area contributed by atoms with Crippen LogP contribution >= 0.6 is 0 Å². The highest BCUT2D eigenvalue weighted by atomic mass is 16.5. The Morgan fingerprint density at radius 2 is 2.62 bits per heavy atom. The number of fused-ring (bicyclic) bond motifs is 1. The lowest BCUT2D eigenvalue weighted by molar-refractivity contribution is -0.137. The largest absolute Gasteiger partial charge is 0.463 e. The molecule has 0 aromatic rings. The van der Waals surface area contributed by atoms with E-state index >= 15 is 0 Å². The van der Waals surface area contributed by atoms with Crippen LogP contribution in [0.2, 0.25) is 0 Å². The normalized spacial score (nSPS) is 34.1. The van der Waals surface area contributed by atoms with Crippen LogP contribution in [-0.4, -0.2) is 25.2 Å². The van der Waals surface area contributed by atoms with Crippen LogP contribution in [0.4, 0.5) is 0 Å². The fourth-order valence-corrected chi connectivity index (χ4v) is 2.17. The molecule has 2 fully saturated rings. The van der Waals surface area contributed by atoms with Gasteiger partial charge in [0.15, 0.2) is 0 Å². The Morgan fingerprint density at radius 3 is 3.31 bits per heavy atom. The first-order chi connectivity index (χ1) is 6.31. The molecule has 1 saturated heterocycles. The van der Waals surface area contributed by atoms with Crippen molar-refractivity contribution in [3.8, 4) is 0 Å². The molecule has 2 unspecified atom stereocenters. The van der Waals surface area contributed by atoms with E-state index < -0.39 is 0 Å². The Hall–Kier alpha value is -0.830. The molecule has 3 heteroatoms. The molecule has 0 aromatic carbocycles. The summed E-state index contributed by atoms with van der Waals surface area (Å²) in [6.07, 6.45) is 3.89. The quantitative estimate of drug-likeness (QED) is 0.507. The molecule has 1 aliphatic carbocycles. The number of ether oxygens (including phenoxy) is 1. The molecular weight excluding hydrogens is 166 g/mol. The van der Waals surface area contributed by atoms with Crippen molar-refractivity contribution in [3.05, 3.63) is 11.6 Å². The fourth-order valence-electron chi connectivity index (χ4n) is 2.17. The Bertz CT molecular complexity index is 247. The zero-order valence-corrected chi connectivity index (χ0v) is 7.88. The summed E-state index contributed by atoms with van der Waals surface area (Å²) in [5, 5.41) is 3.40. The topological polar surface area (TPSA) is 38.3 Å². The van der Waals surface area contributed by atoms with E-state index in [2.05, 4.69) is 5.32 Å². The van der Waals surface area contributed by atoms with Crippen molar-refractivity contribution in [1.29, 1.82) is 0 Å². The predicted octanol–water partition coefficient (Wildman–Crippen LogP) is 0.858. The van der Waals surface area contributed by atoms with E-state index in [0.29, 0.717) is 18.6 Å². The number of carbonyl (C=O) groups excluding carboxylic acids is 1. The van der Waals surface area contributed by atoms with Crippen molar-refractivity contribution in [2.45, 2.75) is 25.8 Å². The van der Waals surface area contributed by atoms with Gasteiger partial charge in [0.05, 0.1) is 6.61 Å². The molecule has 3 nitrogen and oxygen atoms in total. The lowest BCUT2D eigenvalue weighted by Crippen LogP contribution is -2.38. The zero-order chi connectivity index (χ0) is 9.26. The average molecular weight is 181 g/mol. The summed E-state index contributed by atoms with van der Waals surface area (Å²) in [6, 6.07) is 0.640. The van der Waals surface area contributed by atoms with Gasteiger partial charge in [-0.15, -0.1) is 0 Å². The average Bonchev–Trinajstić information content (AvgIpc) is 2.43. The predicted molar refractivity (Wildman–Crippen MR) is 49.2 cm³/mol. The van der Waals surface area contributed by atoms with Crippen molar-refractivity contribution in [3.63, 3.8) is 0 Å². The van der Waals surface area contributed by atoms with Crippen molar-refractivity contribution in [1.82, 2.24) is 5.32 Å². The maximum Gasteiger partial charge on any atom is 0.330 e. The number of carbonyl (C=O) groups is 1. The standard InChI is InChI=1S/C10H15NO2/c1-2-13-10(12)6-7-5-9-8(7)3-4-11-9/h6,8-9,11H,2-5H2,1H3/b7-6-. The number of rotatable bonds is 2. The third-order valence-electron chi connectivity index (χ3n) is 2.87. The summed E-state index contributed by atoms with van der Waals surface area (Å²) in [7, 11) is 0. The molecule has 0 spiro atoms. The number of hydrogen-bond acceptors (Lipinski definition) is 3. The highest BCUT2D eigenvalue weighted by Gasteiger charge is 2.39. The van der Waals surface area contributed by atoms with Gasteiger partial charge in [0.2, 0.25) is 0 Å². The molecule has 0 aromatic heterocycles. The summed E-state index contributed by atoms with van der Waals surface area (Å²) in [5.74, 6) is 0.437. The SMILES string of the molecule is CCOC(=O)/C=C1/CC2NCCC12. The van der Waals surface area contributed by atoms with Crippen LogP contribution in [0.25, 0.3) is 0 Å². The van der Waals surface area contributed by atoms with Crippen LogP contribution in [0.1, 0.15) is 19.8 Å². The molecule has 0 bridgehead atoms. The molecule has 1 N–H and O–H groups in total. The molecular formula is C10H15NO2. The highest BCUT2D eigenvalue weighted by Crippen LogP contribution is 2.39. The molecule has 72 valence electrons. The lowest BCUT2D eigenvalue weighted by Gasteiger charge is -2.33. The van der Waals surface area contributed by atoms with Gasteiger partial charge in [0.25, 0.3) is 0 Å². The van der Waals surface area contributed by atoms with Crippen molar-refractivity contribution < 1.29 is 9.53 Å². The third-order valence-corrected chi connectivity index (χ3v) is 2.87. The molecule has 1 heterocycles. The molecule has 0 amide bonds. The second-order valence-corrected chi connectivity index (χ2v) is 3.63. The lowest BCUT2D eigenvalue weighted by atomic mass is 9.75. The Kier molecular flexibility index (Phi) is 2.36. The maximum absolute atomic E-state index is 11.1. The minimum Gasteiger partial charge on any atom is -0.463 e. The summed E-state index contributed by atoms with van der Waals surface area (Å²) in [4.78, 5) is 11.1. The van der Waals surface area contributed by atoms with Crippen molar-refractivity contribution in [2.24, 2.45) is 5.92 Å². The second-order valence-electron chi connectivity index (χ2n) is 3.63. The van der Waals surface area contributed by atoms with Crippen LogP contribution < -0.4 is 5.32 Å². The first-order valence-corrected chi connectivity index (χ1v) is 4.92. The van der Waals surface area contributed by atoms with Gasteiger partial charge in [-0.05, 0) is 32.2 Å². The van der Waals surface area contributed by atoms with Crippen LogP contribution in [0.15, 0.2) is 11.6 Å². The van der Waals surface area contributed by atoms with Gasteiger partial charge in [-0.25, -0.2) is 4.79 Å². The molecule has 2 rings (SSSR count). The van der Waals surface area contributed by atoms with Gasteiger partial charge in [0, 0.05) is 12.1 Å². The summed E-state index contributed by atoms with van der Waals surface area (Å²) < 4.78 is 4.86. The van der Waals surface area contributed by atoms with Crippen molar-refractivity contribution in [2.75, 3.05) is 13.2 Å². The molecule has 1 aliphatic heterocycles. The van der Waals surface area contributed by atoms with E-state index in [-0.39, 0.29) is 5.97 Å². The van der Waals surface area contributed by atoms with E-state index in [0.717, 1.165) is 13.0 Å². The first-order valence-electron chi connectivity index (χ1n) is 4.92. The fraction of sp³-hybridized carbons (Fsp3) is 0.700. The molecule has 0 radical (unpaired) electrons. The van der Waals surface area contributed by atoms with Crippen LogP contribution in [0, 0.1) is 5.92 Å². The second kappa shape index (κ2) is 3.50. The number of nitrogens with one attached hydrogen (secondary N) is 1. The molecule has 2 atom stereocenters. The summed E-state index contributed by atoms with van der Waals surface area (Å²) >= 11 is 0. The van der Waals surface area contributed by atoms with Crippen LogP contribution in [-0.2, 0) is 9.53 Å². The smallest absolute Gasteiger partial charge is 0.330 e. The van der Waals surface area contributed by atoms with E-state index in [1.54, 1.807) is 6.08 Å². The maximum atomic E-state index is 11.1. The zero-order valence-electron chi connectivity index (χ0n) is 7.88. The molecule has 1 saturated carbocycles. The Morgan fingerprint density at radius 1 is 1.77 bits per heavy atom. The van der Waals surface area contributed by atoms with Crippen LogP contribution in [0.5, 0.6) is 0 Å². The van der Waals surface area contributed by atoms with Gasteiger partial charge < -0.3 is 10.1 Å². The summed E-state index contributed by atoms with van der Waals surface area (Å²) in [6.45, 7) is 3.39. The van der Waals surface area contributed by atoms with Gasteiger partial charge >= 0.3 is 5.97 Å².